The van der Waals surface area contributed by atoms with Crippen LogP contribution in [0.1, 0.15) is 16.7 Å². The molecule has 10 heteroatoms. The molecule has 3 aromatic rings. The lowest BCUT2D eigenvalue weighted by Crippen LogP contribution is -2.19. The normalized spacial score (nSPS) is 11.4. The predicted molar refractivity (Wildman–Crippen MR) is 105 cm³/mol. The van der Waals surface area contributed by atoms with Crippen molar-refractivity contribution in [2.75, 3.05) is 12.4 Å². The molecule has 0 radical (unpaired) electrons. The fraction of sp³-hybridized carbons (Fsp3) is 0.200. The van der Waals surface area contributed by atoms with Gasteiger partial charge in [-0.1, -0.05) is 23.7 Å². The molecule has 0 spiro atoms. The van der Waals surface area contributed by atoms with E-state index in [0.29, 0.717) is 5.56 Å². The van der Waals surface area contributed by atoms with Crippen molar-refractivity contribution in [2.24, 2.45) is 0 Å². The molecule has 0 fully saturated rings. The maximum absolute atomic E-state index is 13.4. The molecular formula is C20H16ClF4N3O2. The van der Waals surface area contributed by atoms with E-state index in [1.54, 1.807) is 0 Å². The summed E-state index contributed by atoms with van der Waals surface area (Å²) in [6.07, 6.45) is -3.17. The number of nitrogens with one attached hydrogen (secondary N) is 1. The van der Waals surface area contributed by atoms with Gasteiger partial charge in [0.05, 0.1) is 30.4 Å². The minimum absolute atomic E-state index is 0.0105. The highest BCUT2D eigenvalue weighted by Crippen LogP contribution is 2.35. The second-order valence-corrected chi connectivity index (χ2v) is 6.82. The Hall–Kier alpha value is -3.07. The highest BCUT2D eigenvalue weighted by molar-refractivity contribution is 6.30. The summed E-state index contributed by atoms with van der Waals surface area (Å²) >= 11 is 5.82. The summed E-state index contributed by atoms with van der Waals surface area (Å²) < 4.78 is 59.5. The van der Waals surface area contributed by atoms with Crippen LogP contribution in [0.15, 0.2) is 47.4 Å². The third kappa shape index (κ3) is 4.56. The molecule has 0 saturated heterocycles. The molecule has 0 saturated carbocycles. The molecule has 30 heavy (non-hydrogen) atoms. The lowest BCUT2D eigenvalue weighted by molar-refractivity contribution is -0.138. The summed E-state index contributed by atoms with van der Waals surface area (Å²) in [7, 11) is 1.29. The Morgan fingerprint density at radius 3 is 2.60 bits per heavy atom. The summed E-state index contributed by atoms with van der Waals surface area (Å²) in [5, 5.41) is 2.69. The van der Waals surface area contributed by atoms with Crippen LogP contribution in [-0.4, -0.2) is 16.7 Å². The van der Waals surface area contributed by atoms with Gasteiger partial charge < -0.3 is 14.6 Å². The van der Waals surface area contributed by atoms with Gasteiger partial charge in [-0.15, -0.1) is 0 Å². The molecule has 0 aliphatic rings. The molecule has 0 amide bonds. The van der Waals surface area contributed by atoms with Crippen molar-refractivity contribution >= 4 is 23.2 Å². The maximum Gasteiger partial charge on any atom is 0.416 e. The number of nitrogens with zero attached hydrogens (tertiary/aromatic N) is 2. The van der Waals surface area contributed by atoms with Crippen molar-refractivity contribution in [3.05, 3.63) is 80.5 Å². The summed E-state index contributed by atoms with van der Waals surface area (Å²) in [5.41, 5.74) is -0.838. The summed E-state index contributed by atoms with van der Waals surface area (Å²) in [6.45, 7) is 1.42. The van der Waals surface area contributed by atoms with E-state index in [0.717, 1.165) is 6.07 Å². The van der Waals surface area contributed by atoms with Gasteiger partial charge in [-0.25, -0.2) is 4.39 Å². The van der Waals surface area contributed by atoms with Crippen LogP contribution in [0.4, 0.5) is 29.2 Å². The topological polar surface area (TPSA) is 56.1 Å². The molecule has 0 bridgehead atoms. The van der Waals surface area contributed by atoms with E-state index in [9.17, 15) is 22.4 Å². The number of methoxy groups -OCH3 is 1. The van der Waals surface area contributed by atoms with Crippen LogP contribution >= 0.6 is 11.6 Å². The highest BCUT2D eigenvalue weighted by Gasteiger charge is 2.33. The Kier molecular flexibility index (Phi) is 6.02. The van der Waals surface area contributed by atoms with Crippen LogP contribution < -0.4 is 15.6 Å². The second-order valence-electron chi connectivity index (χ2n) is 6.42. The zero-order valence-electron chi connectivity index (χ0n) is 15.8. The minimum atomic E-state index is -4.53. The lowest BCUT2D eigenvalue weighted by Gasteiger charge is -2.18. The number of anilines is 2. The lowest BCUT2D eigenvalue weighted by atomic mass is 10.1. The van der Waals surface area contributed by atoms with E-state index in [1.165, 1.54) is 55.1 Å². The standard InChI is InChI=1S/C20H16ClF4N3O2/c1-11-13(20(23,24)25)4-3-5-16(11)26-19-27-18(29)17(30-2)10-28(19)9-12-6-7-15(22)14(21)8-12/h3-8,10H,9H2,1-2H3,(H,26,27,29). The highest BCUT2D eigenvalue weighted by atomic mass is 35.5. The van der Waals surface area contributed by atoms with Gasteiger partial charge in [0, 0.05) is 5.69 Å². The van der Waals surface area contributed by atoms with Crippen molar-refractivity contribution in [1.82, 2.24) is 9.55 Å². The van der Waals surface area contributed by atoms with Gasteiger partial charge in [0.1, 0.15) is 5.82 Å². The van der Waals surface area contributed by atoms with Crippen molar-refractivity contribution < 1.29 is 22.3 Å². The minimum Gasteiger partial charge on any atom is -0.490 e. The first-order chi connectivity index (χ1) is 14.1. The van der Waals surface area contributed by atoms with E-state index in [2.05, 4.69) is 10.3 Å². The number of ether oxygens (including phenoxy) is 1. The average molecular weight is 442 g/mol. The van der Waals surface area contributed by atoms with Gasteiger partial charge in [-0.2, -0.15) is 18.2 Å². The number of alkyl halides is 3. The Labute approximate surface area is 173 Å². The van der Waals surface area contributed by atoms with E-state index >= 15 is 0 Å². The van der Waals surface area contributed by atoms with Crippen LogP contribution in [0, 0.1) is 12.7 Å². The number of rotatable bonds is 5. The summed E-state index contributed by atoms with van der Waals surface area (Å²) in [6, 6.07) is 7.75. The largest absolute Gasteiger partial charge is 0.490 e. The number of benzene rings is 2. The number of halogens is 5. The molecule has 5 nitrogen and oxygen atoms in total. The summed E-state index contributed by atoms with van der Waals surface area (Å²) in [5.74, 6) is -0.660. The zero-order valence-corrected chi connectivity index (χ0v) is 16.6. The molecule has 1 heterocycles. The van der Waals surface area contributed by atoms with Crippen LogP contribution in [0.25, 0.3) is 0 Å². The van der Waals surface area contributed by atoms with Gasteiger partial charge in [-0.3, -0.25) is 4.79 Å². The third-order valence-electron chi connectivity index (χ3n) is 4.41. The van der Waals surface area contributed by atoms with Gasteiger partial charge in [-0.05, 0) is 42.3 Å². The van der Waals surface area contributed by atoms with Crippen molar-refractivity contribution in [3.63, 3.8) is 0 Å². The molecule has 2 aromatic carbocycles. The van der Waals surface area contributed by atoms with Crippen molar-refractivity contribution in [3.8, 4) is 5.75 Å². The SMILES string of the molecule is COc1cn(Cc2ccc(F)c(Cl)c2)c(Nc2cccc(C(F)(F)F)c2C)nc1=O. The smallest absolute Gasteiger partial charge is 0.416 e. The number of hydrogen-bond acceptors (Lipinski definition) is 4. The molecule has 0 aliphatic heterocycles. The quantitative estimate of drug-likeness (QED) is 0.555. The number of hydrogen-bond donors (Lipinski definition) is 1. The molecule has 0 unspecified atom stereocenters. The van der Waals surface area contributed by atoms with E-state index in [4.69, 9.17) is 16.3 Å². The monoisotopic (exact) mass is 441 g/mol. The zero-order chi connectivity index (χ0) is 22.1. The fourth-order valence-corrected chi connectivity index (χ4v) is 3.07. The molecule has 1 N–H and O–H groups in total. The first-order valence-corrected chi connectivity index (χ1v) is 9.01. The molecule has 158 valence electrons. The Morgan fingerprint density at radius 1 is 1.23 bits per heavy atom. The van der Waals surface area contributed by atoms with Crippen molar-refractivity contribution in [1.29, 1.82) is 0 Å². The fourth-order valence-electron chi connectivity index (χ4n) is 2.87. The van der Waals surface area contributed by atoms with Crippen LogP contribution in [0.5, 0.6) is 5.75 Å². The molecule has 0 atom stereocenters. The van der Waals surface area contributed by atoms with Crippen molar-refractivity contribution in [2.45, 2.75) is 19.6 Å². The second kappa shape index (κ2) is 8.35. The predicted octanol–water partition coefficient (Wildman–Crippen LogP) is 5.16. The third-order valence-corrected chi connectivity index (χ3v) is 4.70. The van der Waals surface area contributed by atoms with Crippen LogP contribution in [0.3, 0.4) is 0 Å². The first kappa shape index (κ1) is 21.6. The molecule has 3 rings (SSSR count). The molecule has 1 aromatic heterocycles. The van der Waals surface area contributed by atoms with Crippen LogP contribution in [0.2, 0.25) is 5.02 Å². The molecule has 0 aliphatic carbocycles. The van der Waals surface area contributed by atoms with E-state index in [1.807, 2.05) is 0 Å². The van der Waals surface area contributed by atoms with E-state index in [-0.39, 0.29) is 34.5 Å². The first-order valence-electron chi connectivity index (χ1n) is 8.63. The average Bonchev–Trinajstić information content (AvgIpc) is 2.67. The summed E-state index contributed by atoms with van der Waals surface area (Å²) in [4.78, 5) is 16.0. The van der Waals surface area contributed by atoms with E-state index < -0.39 is 23.1 Å². The Bertz CT molecular complexity index is 1150. The Morgan fingerprint density at radius 2 is 1.97 bits per heavy atom. The maximum atomic E-state index is 13.4. The molecular weight excluding hydrogens is 426 g/mol. The Balaban J connectivity index is 2.05. The van der Waals surface area contributed by atoms with Gasteiger partial charge >= 0.3 is 11.7 Å². The van der Waals surface area contributed by atoms with Crippen LogP contribution in [-0.2, 0) is 12.7 Å². The number of aromatic nitrogens is 2. The van der Waals surface area contributed by atoms with Gasteiger partial charge in [0.15, 0.2) is 0 Å². The van der Waals surface area contributed by atoms with Gasteiger partial charge in [0.2, 0.25) is 11.7 Å². The van der Waals surface area contributed by atoms with Gasteiger partial charge in [0.25, 0.3) is 0 Å².